The predicted molar refractivity (Wildman–Crippen MR) is 113 cm³/mol. The first-order chi connectivity index (χ1) is 14.0. The van der Waals surface area contributed by atoms with Crippen LogP contribution in [-0.4, -0.2) is 62.7 Å². The smallest absolute Gasteiger partial charge is 0.254 e. The highest BCUT2D eigenvalue weighted by atomic mass is 32.2. The minimum Gasteiger partial charge on any atom is -0.444 e. The largest absolute Gasteiger partial charge is 0.444 e. The molecular weight excluding hydrogens is 386 g/mol. The highest BCUT2D eigenvalue weighted by Crippen LogP contribution is 2.20. The van der Waals surface area contributed by atoms with E-state index in [0.29, 0.717) is 25.2 Å². The normalized spacial score (nSPS) is 15.1. The van der Waals surface area contributed by atoms with Gasteiger partial charge in [-0.1, -0.05) is 17.8 Å². The summed E-state index contributed by atoms with van der Waals surface area (Å²) < 4.78 is 7.69. The Balaban J connectivity index is 1.40. The minimum absolute atomic E-state index is 0.0696. The lowest BCUT2D eigenvalue weighted by molar-refractivity contribution is 0.0618. The molecule has 2 aromatic heterocycles. The van der Waals surface area contributed by atoms with Gasteiger partial charge in [-0.15, -0.1) is 0 Å². The second-order valence-corrected chi connectivity index (χ2v) is 7.93. The SMILES string of the molecule is CSc1nccn1-c1cccc(C(=O)N2CCN(Cc3nc(C)c(C)o3)CC2)c1. The third-order valence-electron chi connectivity index (χ3n) is 5.25. The zero-order chi connectivity index (χ0) is 20.4. The van der Waals surface area contributed by atoms with Crippen LogP contribution < -0.4 is 0 Å². The van der Waals surface area contributed by atoms with Crippen molar-refractivity contribution >= 4 is 17.7 Å². The molecule has 0 unspecified atom stereocenters. The molecule has 29 heavy (non-hydrogen) atoms. The fourth-order valence-electron chi connectivity index (χ4n) is 3.52. The van der Waals surface area contributed by atoms with Crippen molar-refractivity contribution < 1.29 is 9.21 Å². The highest BCUT2D eigenvalue weighted by Gasteiger charge is 2.23. The molecule has 3 aromatic rings. The van der Waals surface area contributed by atoms with Crippen molar-refractivity contribution in [1.82, 2.24) is 24.3 Å². The lowest BCUT2D eigenvalue weighted by Crippen LogP contribution is -2.48. The Morgan fingerprint density at radius 3 is 2.69 bits per heavy atom. The number of piperazine rings is 1. The van der Waals surface area contributed by atoms with E-state index < -0.39 is 0 Å². The molecule has 1 aliphatic rings. The van der Waals surface area contributed by atoms with Gasteiger partial charge >= 0.3 is 0 Å². The van der Waals surface area contributed by atoms with Gasteiger partial charge in [0, 0.05) is 49.8 Å². The van der Waals surface area contributed by atoms with E-state index in [1.54, 1.807) is 18.0 Å². The number of benzene rings is 1. The average molecular weight is 412 g/mol. The van der Waals surface area contributed by atoms with Gasteiger partial charge in [0.15, 0.2) is 5.16 Å². The summed E-state index contributed by atoms with van der Waals surface area (Å²) in [6.07, 6.45) is 5.69. The van der Waals surface area contributed by atoms with E-state index in [4.69, 9.17) is 4.42 Å². The zero-order valence-electron chi connectivity index (χ0n) is 17.0. The van der Waals surface area contributed by atoms with Crippen LogP contribution in [0.2, 0.25) is 0 Å². The Morgan fingerprint density at radius 2 is 2.00 bits per heavy atom. The van der Waals surface area contributed by atoms with Crippen LogP contribution in [-0.2, 0) is 6.54 Å². The minimum atomic E-state index is 0.0696. The molecule has 0 atom stereocenters. The number of oxazole rings is 1. The van der Waals surface area contributed by atoms with Crippen LogP contribution >= 0.6 is 11.8 Å². The lowest BCUT2D eigenvalue weighted by Gasteiger charge is -2.34. The maximum atomic E-state index is 13.0. The van der Waals surface area contributed by atoms with Crippen molar-refractivity contribution in [3.05, 3.63) is 59.6 Å². The number of rotatable bonds is 5. The van der Waals surface area contributed by atoms with Gasteiger partial charge in [-0.2, -0.15) is 0 Å². The van der Waals surface area contributed by atoms with Crippen LogP contribution in [0.5, 0.6) is 0 Å². The van der Waals surface area contributed by atoms with Gasteiger partial charge in [0.25, 0.3) is 5.91 Å². The fraction of sp³-hybridized carbons (Fsp3) is 0.381. The van der Waals surface area contributed by atoms with Gasteiger partial charge < -0.3 is 9.32 Å². The Labute approximate surface area is 174 Å². The molecule has 0 radical (unpaired) electrons. The molecular formula is C21H25N5O2S. The third-order valence-corrected chi connectivity index (χ3v) is 5.92. The van der Waals surface area contributed by atoms with E-state index in [9.17, 15) is 4.79 Å². The molecule has 1 aliphatic heterocycles. The number of hydrogen-bond donors (Lipinski definition) is 0. The molecule has 8 heteroatoms. The molecule has 0 spiro atoms. The first kappa shape index (κ1) is 19.7. The van der Waals surface area contributed by atoms with Crippen molar-refractivity contribution in [1.29, 1.82) is 0 Å². The second kappa shape index (κ2) is 8.42. The Hall–Kier alpha value is -2.58. The maximum Gasteiger partial charge on any atom is 0.254 e. The first-order valence-corrected chi connectivity index (χ1v) is 10.9. The summed E-state index contributed by atoms with van der Waals surface area (Å²) in [6, 6.07) is 7.74. The molecule has 0 bridgehead atoms. The fourth-order valence-corrected chi connectivity index (χ4v) is 4.05. The molecule has 4 rings (SSSR count). The van der Waals surface area contributed by atoms with Gasteiger partial charge in [-0.3, -0.25) is 14.3 Å². The molecule has 3 heterocycles. The average Bonchev–Trinajstić information content (AvgIpc) is 3.34. The quantitative estimate of drug-likeness (QED) is 0.601. The lowest BCUT2D eigenvalue weighted by atomic mass is 10.1. The number of imidazole rings is 1. The summed E-state index contributed by atoms with van der Waals surface area (Å²) in [5.41, 5.74) is 2.60. The number of nitrogens with zero attached hydrogens (tertiary/aromatic N) is 5. The van der Waals surface area contributed by atoms with Gasteiger partial charge in [0.2, 0.25) is 5.89 Å². The van der Waals surface area contributed by atoms with Crippen LogP contribution in [0.25, 0.3) is 5.69 Å². The molecule has 0 aliphatic carbocycles. The van der Waals surface area contributed by atoms with E-state index in [2.05, 4.69) is 14.9 Å². The van der Waals surface area contributed by atoms with E-state index >= 15 is 0 Å². The highest BCUT2D eigenvalue weighted by molar-refractivity contribution is 7.98. The van der Waals surface area contributed by atoms with Crippen molar-refractivity contribution in [3.8, 4) is 5.69 Å². The molecule has 1 aromatic carbocycles. The van der Waals surface area contributed by atoms with E-state index in [0.717, 1.165) is 41.3 Å². The Kier molecular flexibility index (Phi) is 5.73. The van der Waals surface area contributed by atoms with Gasteiger partial charge in [0.1, 0.15) is 5.76 Å². The molecule has 7 nitrogen and oxygen atoms in total. The summed E-state index contributed by atoms with van der Waals surface area (Å²) in [5, 5.41) is 0.903. The molecule has 0 N–H and O–H groups in total. The van der Waals surface area contributed by atoms with Crippen molar-refractivity contribution in [2.75, 3.05) is 32.4 Å². The topological polar surface area (TPSA) is 67.4 Å². The van der Waals surface area contributed by atoms with Crippen LogP contribution in [0.3, 0.4) is 0 Å². The monoisotopic (exact) mass is 411 g/mol. The summed E-state index contributed by atoms with van der Waals surface area (Å²) >= 11 is 1.58. The number of carbonyl (C=O) groups is 1. The molecule has 1 amide bonds. The summed E-state index contributed by atoms with van der Waals surface area (Å²) in [6.45, 7) is 7.59. The Morgan fingerprint density at radius 1 is 1.21 bits per heavy atom. The third kappa shape index (κ3) is 4.23. The zero-order valence-corrected chi connectivity index (χ0v) is 17.8. The predicted octanol–water partition coefficient (Wildman–Crippen LogP) is 3.16. The van der Waals surface area contributed by atoms with Gasteiger partial charge in [0.05, 0.1) is 12.2 Å². The molecule has 1 fully saturated rings. The Bertz CT molecular complexity index is 985. The van der Waals surface area contributed by atoms with Gasteiger partial charge in [-0.25, -0.2) is 9.97 Å². The number of aromatic nitrogens is 3. The standard InChI is InChI=1S/C21H25N5O2S/c1-15-16(2)28-19(23-15)14-24-9-11-25(12-10-24)20(27)17-5-4-6-18(13-17)26-8-7-22-21(26)29-3/h4-8,13H,9-12,14H2,1-3H3. The summed E-state index contributed by atoms with van der Waals surface area (Å²) in [5.74, 6) is 1.69. The molecule has 152 valence electrons. The number of thioether (sulfide) groups is 1. The maximum absolute atomic E-state index is 13.0. The molecule has 1 saturated heterocycles. The van der Waals surface area contributed by atoms with Gasteiger partial charge in [-0.05, 0) is 38.3 Å². The number of carbonyl (C=O) groups excluding carboxylic acids is 1. The van der Waals surface area contributed by atoms with Crippen molar-refractivity contribution in [2.24, 2.45) is 0 Å². The summed E-state index contributed by atoms with van der Waals surface area (Å²) in [4.78, 5) is 26.0. The van der Waals surface area contributed by atoms with Crippen LogP contribution in [0.15, 0.2) is 46.2 Å². The number of amides is 1. The number of hydrogen-bond acceptors (Lipinski definition) is 6. The summed E-state index contributed by atoms with van der Waals surface area (Å²) in [7, 11) is 0. The molecule has 0 saturated carbocycles. The van der Waals surface area contributed by atoms with Crippen LogP contribution in [0.4, 0.5) is 0 Å². The van der Waals surface area contributed by atoms with Crippen LogP contribution in [0.1, 0.15) is 27.7 Å². The van der Waals surface area contributed by atoms with Crippen LogP contribution in [0, 0.1) is 13.8 Å². The van der Waals surface area contributed by atoms with E-state index in [1.807, 2.05) is 60.0 Å². The van der Waals surface area contributed by atoms with Crippen molar-refractivity contribution in [2.45, 2.75) is 25.5 Å². The second-order valence-electron chi connectivity index (χ2n) is 7.15. The van der Waals surface area contributed by atoms with Crippen molar-refractivity contribution in [3.63, 3.8) is 0 Å². The number of aryl methyl sites for hydroxylation is 2. The first-order valence-electron chi connectivity index (χ1n) is 9.67. The van der Waals surface area contributed by atoms with E-state index in [-0.39, 0.29) is 5.91 Å². The van der Waals surface area contributed by atoms with E-state index in [1.165, 1.54) is 0 Å².